The van der Waals surface area contributed by atoms with E-state index >= 15 is 0 Å². The van der Waals surface area contributed by atoms with Crippen LogP contribution in [0.15, 0.2) is 27.8 Å². The Morgan fingerprint density at radius 2 is 2.06 bits per heavy atom. The van der Waals surface area contributed by atoms with Crippen molar-refractivity contribution < 1.29 is 18.9 Å². The van der Waals surface area contributed by atoms with Crippen molar-refractivity contribution in [3.8, 4) is 0 Å². The number of hydrazone groups is 1. The topological polar surface area (TPSA) is 140 Å². The van der Waals surface area contributed by atoms with Crippen molar-refractivity contribution in [2.75, 3.05) is 13.1 Å². The van der Waals surface area contributed by atoms with Gasteiger partial charge in [-0.2, -0.15) is 5.10 Å². The van der Waals surface area contributed by atoms with Crippen molar-refractivity contribution in [2.45, 2.75) is 52.0 Å². The summed E-state index contributed by atoms with van der Waals surface area (Å²) in [5, 5.41) is 23.8. The quantitative estimate of drug-likeness (QED) is 0.165. The van der Waals surface area contributed by atoms with Crippen LogP contribution in [-0.4, -0.2) is 61.1 Å². The Balaban J connectivity index is 1.45. The Kier molecular flexibility index (Phi) is 7.46. The minimum atomic E-state index is -0.672. The van der Waals surface area contributed by atoms with Crippen LogP contribution in [0.1, 0.15) is 50.5 Å². The summed E-state index contributed by atoms with van der Waals surface area (Å²) in [6, 6.07) is 2.00. The molecule has 0 unspecified atom stereocenters. The van der Waals surface area contributed by atoms with Crippen LogP contribution < -0.4 is 0 Å². The van der Waals surface area contributed by atoms with Crippen LogP contribution in [0, 0.1) is 10.1 Å². The van der Waals surface area contributed by atoms with Gasteiger partial charge in [-0.25, -0.2) is 9.80 Å². The van der Waals surface area contributed by atoms with Gasteiger partial charge in [0.15, 0.2) is 5.76 Å². The van der Waals surface area contributed by atoms with E-state index in [9.17, 15) is 19.7 Å². The first-order valence-electron chi connectivity index (χ1n) is 10.3. The average Bonchev–Trinajstić information content (AvgIpc) is 3.46. The normalized spacial score (nSPS) is 14.4. The highest BCUT2D eigenvalue weighted by Gasteiger charge is 2.35. The largest absolute Gasteiger partial charge is 0.433 e. The lowest BCUT2D eigenvalue weighted by atomic mass is 10.1. The van der Waals surface area contributed by atoms with Crippen molar-refractivity contribution in [1.29, 1.82) is 0 Å². The second kappa shape index (κ2) is 10.5. The van der Waals surface area contributed by atoms with Gasteiger partial charge in [0.1, 0.15) is 11.5 Å². The Labute approximate surface area is 178 Å². The molecule has 1 aliphatic rings. The maximum Gasteiger partial charge on any atom is 0.433 e. The Bertz CT molecular complexity index is 951. The highest BCUT2D eigenvalue weighted by molar-refractivity contribution is 6.02. The van der Waals surface area contributed by atoms with Crippen molar-refractivity contribution in [2.24, 2.45) is 5.10 Å². The van der Waals surface area contributed by atoms with E-state index in [0.29, 0.717) is 13.0 Å². The van der Waals surface area contributed by atoms with E-state index in [-0.39, 0.29) is 24.8 Å². The van der Waals surface area contributed by atoms with E-state index < -0.39 is 16.8 Å². The molecule has 12 nitrogen and oxygen atoms in total. The van der Waals surface area contributed by atoms with Gasteiger partial charge in [0.25, 0.3) is 5.91 Å². The van der Waals surface area contributed by atoms with E-state index in [2.05, 4.69) is 22.3 Å². The highest BCUT2D eigenvalue weighted by Crippen LogP contribution is 2.16. The van der Waals surface area contributed by atoms with Crippen LogP contribution in [0.2, 0.25) is 0 Å². The third-order valence-corrected chi connectivity index (χ3v) is 4.80. The van der Waals surface area contributed by atoms with E-state index in [1.165, 1.54) is 37.6 Å². The highest BCUT2D eigenvalue weighted by atomic mass is 16.6. The van der Waals surface area contributed by atoms with Crippen molar-refractivity contribution >= 4 is 24.0 Å². The number of rotatable bonds is 12. The number of carbonyl (C=O) groups excluding carboxylic acids is 2. The molecule has 2 aromatic rings. The second-order valence-corrected chi connectivity index (χ2v) is 7.20. The lowest BCUT2D eigenvalue weighted by molar-refractivity contribution is -0.402. The summed E-state index contributed by atoms with van der Waals surface area (Å²) in [5.74, 6) is -0.672. The van der Waals surface area contributed by atoms with E-state index in [1.807, 2.05) is 6.20 Å². The van der Waals surface area contributed by atoms with Crippen molar-refractivity contribution in [3.63, 3.8) is 0 Å². The first-order chi connectivity index (χ1) is 15.0. The summed E-state index contributed by atoms with van der Waals surface area (Å²) in [6.07, 6.45) is 9.18. The van der Waals surface area contributed by atoms with Gasteiger partial charge in [0, 0.05) is 19.3 Å². The van der Waals surface area contributed by atoms with Gasteiger partial charge in [-0.05, 0) is 25.3 Å². The molecule has 3 heterocycles. The minimum absolute atomic E-state index is 0.113. The molecular formula is C19H25N7O5. The molecule has 0 N–H and O–H groups in total. The Morgan fingerprint density at radius 3 is 2.81 bits per heavy atom. The number of nitrogens with zero attached hydrogens (tertiary/aromatic N) is 7. The van der Waals surface area contributed by atoms with Crippen LogP contribution in [0.25, 0.3) is 0 Å². The van der Waals surface area contributed by atoms with E-state index in [0.717, 1.165) is 28.4 Å². The number of nitro groups is 1. The maximum atomic E-state index is 12.4. The molecule has 2 aromatic heterocycles. The van der Waals surface area contributed by atoms with Crippen LogP contribution in [0.4, 0.5) is 10.7 Å². The fraction of sp³-hybridized carbons (Fsp3) is 0.526. The van der Waals surface area contributed by atoms with Crippen LogP contribution >= 0.6 is 0 Å². The zero-order valence-electron chi connectivity index (χ0n) is 17.3. The minimum Gasteiger partial charge on any atom is -0.400 e. The number of hydrogen-bond acceptors (Lipinski definition) is 8. The lowest BCUT2D eigenvalue weighted by Crippen LogP contribution is -2.32. The Hall–Kier alpha value is -3.57. The molecular weight excluding hydrogens is 406 g/mol. The summed E-state index contributed by atoms with van der Waals surface area (Å²) in [7, 11) is 0. The number of unbranched alkanes of at least 4 members (excludes halogenated alkanes) is 3. The number of furan rings is 1. The average molecular weight is 431 g/mol. The van der Waals surface area contributed by atoms with Crippen molar-refractivity contribution in [1.82, 2.24) is 24.9 Å². The molecule has 3 rings (SSSR count). The van der Waals surface area contributed by atoms with Gasteiger partial charge < -0.3 is 4.42 Å². The van der Waals surface area contributed by atoms with E-state index in [1.54, 1.807) is 4.68 Å². The standard InChI is InChI=1S/C19H25N7O5/c1-2-3-4-5-7-15-13-23(22-21-15)10-6-11-24-17(27)14-25(19(24)28)20-12-16-8-9-18(31-16)26(29)30/h8-9,12-13H,2-7,10-11,14H2,1H3/b20-12+. The van der Waals surface area contributed by atoms with Crippen LogP contribution in [0.5, 0.6) is 0 Å². The third-order valence-electron chi connectivity index (χ3n) is 4.80. The van der Waals surface area contributed by atoms with Gasteiger partial charge in [-0.3, -0.25) is 24.5 Å². The third kappa shape index (κ3) is 5.96. The van der Waals surface area contributed by atoms with Gasteiger partial charge in [0.05, 0.1) is 18.0 Å². The molecule has 0 spiro atoms. The number of aromatic nitrogens is 3. The molecule has 0 atom stereocenters. The molecule has 0 bridgehead atoms. The summed E-state index contributed by atoms with van der Waals surface area (Å²) < 4.78 is 6.67. The maximum absolute atomic E-state index is 12.4. The fourth-order valence-electron chi connectivity index (χ4n) is 3.16. The summed E-state index contributed by atoms with van der Waals surface area (Å²) >= 11 is 0. The molecule has 0 radical (unpaired) electrons. The molecule has 3 amide bonds. The van der Waals surface area contributed by atoms with E-state index in [4.69, 9.17) is 4.42 Å². The summed E-state index contributed by atoms with van der Waals surface area (Å²) in [5.41, 5.74) is 0.947. The first-order valence-corrected chi connectivity index (χ1v) is 10.3. The summed E-state index contributed by atoms with van der Waals surface area (Å²) in [4.78, 5) is 35.7. The smallest absolute Gasteiger partial charge is 0.400 e. The molecule has 0 aliphatic carbocycles. The predicted octanol–water partition coefficient (Wildman–Crippen LogP) is 2.59. The van der Waals surface area contributed by atoms with Gasteiger partial charge in [0.2, 0.25) is 0 Å². The predicted molar refractivity (Wildman–Crippen MR) is 109 cm³/mol. The van der Waals surface area contributed by atoms with Gasteiger partial charge in [-0.1, -0.05) is 31.4 Å². The molecule has 1 fully saturated rings. The zero-order chi connectivity index (χ0) is 22.2. The molecule has 0 saturated carbocycles. The molecule has 1 saturated heterocycles. The molecule has 31 heavy (non-hydrogen) atoms. The molecule has 12 heteroatoms. The van der Waals surface area contributed by atoms with Crippen molar-refractivity contribution in [3.05, 3.63) is 39.9 Å². The number of aryl methyl sites for hydroxylation is 2. The van der Waals surface area contributed by atoms with Gasteiger partial charge in [-0.15, -0.1) is 5.10 Å². The number of urea groups is 1. The molecule has 166 valence electrons. The second-order valence-electron chi connectivity index (χ2n) is 7.20. The number of amides is 3. The fourth-order valence-corrected chi connectivity index (χ4v) is 3.16. The Morgan fingerprint density at radius 1 is 1.23 bits per heavy atom. The number of carbonyl (C=O) groups is 2. The monoisotopic (exact) mass is 431 g/mol. The first kappa shape index (κ1) is 22.1. The number of hydrogen-bond donors (Lipinski definition) is 0. The molecule has 1 aliphatic heterocycles. The van der Waals surface area contributed by atoms with Crippen LogP contribution in [-0.2, 0) is 17.8 Å². The number of imide groups is 1. The SMILES string of the molecule is CCCCCCc1cn(CCCN2C(=O)CN(/N=C/c3ccc([N+](=O)[O-])o3)C2=O)nn1. The summed E-state index contributed by atoms with van der Waals surface area (Å²) in [6.45, 7) is 2.76. The lowest BCUT2D eigenvalue weighted by Gasteiger charge is -2.13. The molecule has 0 aromatic carbocycles. The van der Waals surface area contributed by atoms with Crippen LogP contribution in [0.3, 0.4) is 0 Å². The zero-order valence-corrected chi connectivity index (χ0v) is 17.3. The van der Waals surface area contributed by atoms with Gasteiger partial charge >= 0.3 is 11.9 Å².